The Morgan fingerprint density at radius 1 is 1.45 bits per heavy atom. The summed E-state index contributed by atoms with van der Waals surface area (Å²) in [6, 6.07) is 2.51. The van der Waals surface area contributed by atoms with Crippen molar-refractivity contribution in [1.29, 1.82) is 0 Å². The van der Waals surface area contributed by atoms with Crippen molar-refractivity contribution in [3.05, 3.63) is 18.0 Å². The van der Waals surface area contributed by atoms with Crippen LogP contribution in [0.4, 0.5) is 0 Å². The highest BCUT2D eigenvalue weighted by Crippen LogP contribution is 2.42. The predicted molar refractivity (Wildman–Crippen MR) is 86.1 cm³/mol. The Balaban J connectivity index is 2.10. The van der Waals surface area contributed by atoms with Gasteiger partial charge in [0.25, 0.3) is 0 Å². The second-order valence-electron chi connectivity index (χ2n) is 6.45. The molecule has 0 saturated heterocycles. The topological polar surface area (TPSA) is 37.8 Å². The van der Waals surface area contributed by atoms with Gasteiger partial charge in [-0.05, 0) is 44.2 Å². The standard InChI is InChI=1S/C16H27N3S/c1-5-10-17-14-13(7-6-9-16(14,3)4)20-15-18-11-8-12(2)19-15/h8,11,13-14,17H,5-7,9-10H2,1-4H3. The van der Waals surface area contributed by atoms with Crippen LogP contribution in [0, 0.1) is 12.3 Å². The molecule has 0 amide bonds. The maximum Gasteiger partial charge on any atom is 0.188 e. The normalized spacial score (nSPS) is 25.6. The fraction of sp³-hybridized carbons (Fsp3) is 0.750. The molecule has 0 spiro atoms. The highest BCUT2D eigenvalue weighted by Gasteiger charge is 2.39. The van der Waals surface area contributed by atoms with Crippen LogP contribution >= 0.6 is 11.8 Å². The minimum Gasteiger partial charge on any atom is -0.312 e. The van der Waals surface area contributed by atoms with Gasteiger partial charge in [0.15, 0.2) is 5.16 Å². The summed E-state index contributed by atoms with van der Waals surface area (Å²) >= 11 is 1.85. The van der Waals surface area contributed by atoms with Crippen molar-refractivity contribution in [2.75, 3.05) is 6.54 Å². The zero-order valence-electron chi connectivity index (χ0n) is 13.1. The summed E-state index contributed by atoms with van der Waals surface area (Å²) in [6.07, 6.45) is 6.92. The van der Waals surface area contributed by atoms with E-state index in [4.69, 9.17) is 0 Å². The molecule has 2 atom stereocenters. The summed E-state index contributed by atoms with van der Waals surface area (Å²) in [5.74, 6) is 0. The summed E-state index contributed by atoms with van der Waals surface area (Å²) in [6.45, 7) is 10.1. The highest BCUT2D eigenvalue weighted by atomic mass is 32.2. The van der Waals surface area contributed by atoms with Gasteiger partial charge in [0.2, 0.25) is 0 Å². The molecule has 0 radical (unpaired) electrons. The zero-order valence-corrected chi connectivity index (χ0v) is 14.0. The van der Waals surface area contributed by atoms with Crippen molar-refractivity contribution in [2.45, 2.75) is 69.8 Å². The first-order valence-electron chi connectivity index (χ1n) is 7.72. The lowest BCUT2D eigenvalue weighted by Gasteiger charge is -2.44. The molecule has 112 valence electrons. The SMILES string of the molecule is CCCNC1C(Sc2nccc(C)n2)CCCC1(C)C. The van der Waals surface area contributed by atoms with Crippen molar-refractivity contribution in [3.63, 3.8) is 0 Å². The van der Waals surface area contributed by atoms with E-state index in [0.29, 0.717) is 16.7 Å². The number of nitrogens with one attached hydrogen (secondary N) is 1. The van der Waals surface area contributed by atoms with E-state index in [0.717, 1.165) is 17.4 Å². The van der Waals surface area contributed by atoms with E-state index in [1.54, 1.807) is 0 Å². The van der Waals surface area contributed by atoms with Crippen molar-refractivity contribution in [1.82, 2.24) is 15.3 Å². The first-order valence-corrected chi connectivity index (χ1v) is 8.60. The molecule has 0 aliphatic heterocycles. The van der Waals surface area contributed by atoms with E-state index >= 15 is 0 Å². The number of nitrogens with zero attached hydrogens (tertiary/aromatic N) is 2. The van der Waals surface area contributed by atoms with Crippen LogP contribution < -0.4 is 5.32 Å². The minimum atomic E-state index is 0.356. The summed E-state index contributed by atoms with van der Waals surface area (Å²) in [4.78, 5) is 8.97. The second-order valence-corrected chi connectivity index (χ2v) is 7.66. The van der Waals surface area contributed by atoms with Crippen molar-refractivity contribution in [2.24, 2.45) is 5.41 Å². The Labute approximate surface area is 127 Å². The monoisotopic (exact) mass is 293 g/mol. The van der Waals surface area contributed by atoms with Gasteiger partial charge in [0, 0.05) is 23.2 Å². The first kappa shape index (κ1) is 15.8. The molecule has 1 aromatic heterocycles. The van der Waals surface area contributed by atoms with Crippen molar-refractivity contribution >= 4 is 11.8 Å². The number of aromatic nitrogens is 2. The Kier molecular flexibility index (Phi) is 5.44. The molecular weight excluding hydrogens is 266 g/mol. The van der Waals surface area contributed by atoms with Crippen LogP contribution in [0.15, 0.2) is 17.4 Å². The van der Waals surface area contributed by atoms with E-state index in [2.05, 4.69) is 36.1 Å². The average Bonchev–Trinajstić information content (AvgIpc) is 2.37. The van der Waals surface area contributed by atoms with Gasteiger partial charge >= 0.3 is 0 Å². The van der Waals surface area contributed by atoms with Gasteiger partial charge < -0.3 is 5.32 Å². The molecule has 3 nitrogen and oxygen atoms in total. The summed E-state index contributed by atoms with van der Waals surface area (Å²) in [7, 11) is 0. The van der Waals surface area contributed by atoms with Gasteiger partial charge in [-0.1, -0.05) is 39.0 Å². The van der Waals surface area contributed by atoms with Gasteiger partial charge in [-0.2, -0.15) is 0 Å². The molecule has 0 aromatic carbocycles. The molecule has 1 N–H and O–H groups in total. The molecule has 1 aliphatic carbocycles. The van der Waals surface area contributed by atoms with Gasteiger partial charge in [0.1, 0.15) is 0 Å². The first-order chi connectivity index (χ1) is 9.53. The molecule has 1 aromatic rings. The predicted octanol–water partition coefficient (Wildman–Crippen LogP) is 3.82. The number of rotatable bonds is 5. The maximum absolute atomic E-state index is 4.55. The van der Waals surface area contributed by atoms with E-state index in [9.17, 15) is 0 Å². The largest absolute Gasteiger partial charge is 0.312 e. The van der Waals surface area contributed by atoms with E-state index in [1.165, 1.54) is 25.7 Å². The molecule has 1 aliphatic rings. The highest BCUT2D eigenvalue weighted by molar-refractivity contribution is 7.99. The lowest BCUT2D eigenvalue weighted by atomic mass is 9.73. The van der Waals surface area contributed by atoms with Crippen LogP contribution in [0.5, 0.6) is 0 Å². The number of aryl methyl sites for hydroxylation is 1. The maximum atomic E-state index is 4.55. The Bertz CT molecular complexity index is 433. The summed E-state index contributed by atoms with van der Waals surface area (Å²) in [5.41, 5.74) is 1.41. The van der Waals surface area contributed by atoms with Crippen LogP contribution in [0.25, 0.3) is 0 Å². The third-order valence-electron chi connectivity index (χ3n) is 4.17. The molecule has 2 unspecified atom stereocenters. The van der Waals surface area contributed by atoms with Crippen LogP contribution in [0.1, 0.15) is 52.1 Å². The molecule has 1 fully saturated rings. The van der Waals surface area contributed by atoms with Crippen LogP contribution in [0.3, 0.4) is 0 Å². The minimum absolute atomic E-state index is 0.356. The van der Waals surface area contributed by atoms with E-state index in [-0.39, 0.29) is 0 Å². The third kappa shape index (κ3) is 3.95. The quantitative estimate of drug-likeness (QED) is 0.837. The molecule has 1 saturated carbocycles. The lowest BCUT2D eigenvalue weighted by Crippen LogP contribution is -2.51. The lowest BCUT2D eigenvalue weighted by molar-refractivity contribution is 0.175. The van der Waals surface area contributed by atoms with E-state index in [1.807, 2.05) is 30.9 Å². The van der Waals surface area contributed by atoms with Gasteiger partial charge in [0.05, 0.1) is 0 Å². The van der Waals surface area contributed by atoms with E-state index < -0.39 is 0 Å². The number of thioether (sulfide) groups is 1. The van der Waals surface area contributed by atoms with Crippen molar-refractivity contribution in [3.8, 4) is 0 Å². The van der Waals surface area contributed by atoms with Crippen LogP contribution in [-0.4, -0.2) is 27.8 Å². The number of hydrogen-bond acceptors (Lipinski definition) is 4. The van der Waals surface area contributed by atoms with Crippen molar-refractivity contribution < 1.29 is 0 Å². The molecule has 0 bridgehead atoms. The third-order valence-corrected chi connectivity index (χ3v) is 5.39. The smallest absolute Gasteiger partial charge is 0.188 e. The van der Waals surface area contributed by atoms with Gasteiger partial charge in [-0.15, -0.1) is 0 Å². The molecule has 20 heavy (non-hydrogen) atoms. The Morgan fingerprint density at radius 2 is 2.25 bits per heavy atom. The fourth-order valence-corrected chi connectivity index (χ4v) is 4.51. The van der Waals surface area contributed by atoms with Gasteiger partial charge in [-0.25, -0.2) is 9.97 Å². The van der Waals surface area contributed by atoms with Gasteiger partial charge in [-0.3, -0.25) is 0 Å². The van der Waals surface area contributed by atoms with Crippen LogP contribution in [0.2, 0.25) is 0 Å². The molecular formula is C16H27N3S. The molecule has 1 heterocycles. The molecule has 4 heteroatoms. The molecule has 2 rings (SSSR count). The van der Waals surface area contributed by atoms with Crippen LogP contribution in [-0.2, 0) is 0 Å². The Morgan fingerprint density at radius 3 is 2.95 bits per heavy atom. The fourth-order valence-electron chi connectivity index (χ4n) is 3.04. The number of hydrogen-bond donors (Lipinski definition) is 1. The second kappa shape index (κ2) is 6.90. The Hall–Kier alpha value is -0.610. The average molecular weight is 293 g/mol. The zero-order chi connectivity index (χ0) is 14.6. The summed E-state index contributed by atoms with van der Waals surface area (Å²) < 4.78 is 0. The summed E-state index contributed by atoms with van der Waals surface area (Å²) in [5, 5.41) is 5.27.